The number of hydrogen-bond acceptors (Lipinski definition) is 6. The Bertz CT molecular complexity index is 1500. The predicted octanol–water partition coefficient (Wildman–Crippen LogP) is 5.86. The molecule has 0 bridgehead atoms. The molecule has 4 aromatic rings. The lowest BCUT2D eigenvalue weighted by atomic mass is 9.95. The van der Waals surface area contributed by atoms with Crippen molar-refractivity contribution in [2.45, 2.75) is 26.8 Å². The third-order valence-corrected chi connectivity index (χ3v) is 7.23. The van der Waals surface area contributed by atoms with E-state index < -0.39 is 17.7 Å². The fourth-order valence-corrected chi connectivity index (χ4v) is 5.63. The number of fused-ring (bicyclic) bond motifs is 1. The minimum atomic E-state index is -0.806. The van der Waals surface area contributed by atoms with Crippen LogP contribution >= 0.6 is 11.3 Å². The second-order valence-electron chi connectivity index (χ2n) is 8.73. The summed E-state index contributed by atoms with van der Waals surface area (Å²) in [6, 6.07) is 17.6. The standard InChI is InChI=1S/C28H24N2O4S/c1-15-5-7-18(8-6-15)24-22(25(31)19-9-11-20(34-4)12-10-19)26(32)27(33)30(24)28-29-23-17(3)13-16(2)14-21(23)35-28/h5-14,24,31H,1-4H3/b25-22+/t24-/m0/s1. The van der Waals surface area contributed by atoms with E-state index in [1.807, 2.05) is 57.2 Å². The van der Waals surface area contributed by atoms with E-state index in [4.69, 9.17) is 9.72 Å². The molecule has 1 fully saturated rings. The van der Waals surface area contributed by atoms with E-state index in [0.717, 1.165) is 32.5 Å². The molecular formula is C28H24N2O4S. The van der Waals surface area contributed by atoms with Crippen molar-refractivity contribution >= 4 is 44.1 Å². The zero-order chi connectivity index (χ0) is 24.9. The van der Waals surface area contributed by atoms with Gasteiger partial charge in [0.15, 0.2) is 5.13 Å². The molecule has 0 spiro atoms. The molecule has 1 aliphatic heterocycles. The number of ketones is 1. The van der Waals surface area contributed by atoms with Crippen LogP contribution in [0.25, 0.3) is 16.0 Å². The Balaban J connectivity index is 1.72. The number of ether oxygens (including phenoxy) is 1. The summed E-state index contributed by atoms with van der Waals surface area (Å²) in [5.74, 6) is -1.06. The summed E-state index contributed by atoms with van der Waals surface area (Å²) in [4.78, 5) is 32.9. The fourth-order valence-electron chi connectivity index (χ4n) is 4.46. The number of rotatable bonds is 4. The normalized spacial score (nSPS) is 17.4. The molecule has 0 saturated carbocycles. The maximum Gasteiger partial charge on any atom is 0.301 e. The largest absolute Gasteiger partial charge is 0.507 e. The van der Waals surface area contributed by atoms with E-state index in [1.54, 1.807) is 31.4 Å². The van der Waals surface area contributed by atoms with Gasteiger partial charge in [0.25, 0.3) is 5.78 Å². The summed E-state index contributed by atoms with van der Waals surface area (Å²) in [6.07, 6.45) is 0. The molecule has 6 nitrogen and oxygen atoms in total. The van der Waals surface area contributed by atoms with Gasteiger partial charge < -0.3 is 9.84 Å². The number of hydrogen-bond donors (Lipinski definition) is 1. The molecule has 0 unspecified atom stereocenters. The highest BCUT2D eigenvalue weighted by Gasteiger charge is 2.48. The Morgan fingerprint density at radius 3 is 2.31 bits per heavy atom. The molecule has 1 aromatic heterocycles. The second kappa shape index (κ2) is 8.67. The SMILES string of the molecule is COc1ccc(/C(O)=C2\C(=O)C(=O)N(c3nc4c(C)cc(C)cc4s3)[C@H]2c2ccc(C)cc2)cc1. The van der Waals surface area contributed by atoms with Crippen LogP contribution in [0, 0.1) is 20.8 Å². The van der Waals surface area contributed by atoms with Gasteiger partial charge in [-0.05, 0) is 67.8 Å². The summed E-state index contributed by atoms with van der Waals surface area (Å²) in [7, 11) is 1.55. The van der Waals surface area contributed by atoms with E-state index in [0.29, 0.717) is 16.4 Å². The van der Waals surface area contributed by atoms with Gasteiger partial charge in [0.2, 0.25) is 0 Å². The molecule has 1 saturated heterocycles. The first-order valence-electron chi connectivity index (χ1n) is 11.2. The number of aryl methyl sites for hydroxylation is 3. The molecule has 35 heavy (non-hydrogen) atoms. The van der Waals surface area contributed by atoms with Crippen LogP contribution < -0.4 is 9.64 Å². The number of aliphatic hydroxyl groups excluding tert-OH is 1. The lowest BCUT2D eigenvalue weighted by Gasteiger charge is -2.23. The van der Waals surface area contributed by atoms with E-state index in [1.165, 1.54) is 16.2 Å². The minimum absolute atomic E-state index is 0.0381. The molecule has 1 aliphatic rings. The number of thiazole rings is 1. The van der Waals surface area contributed by atoms with Crippen LogP contribution in [0.15, 0.2) is 66.2 Å². The van der Waals surface area contributed by atoms with Crippen molar-refractivity contribution in [3.05, 3.63) is 94.1 Å². The van der Waals surface area contributed by atoms with Crippen molar-refractivity contribution in [2.75, 3.05) is 12.0 Å². The highest BCUT2D eigenvalue weighted by Crippen LogP contribution is 2.44. The third-order valence-electron chi connectivity index (χ3n) is 6.23. The Morgan fingerprint density at radius 1 is 0.971 bits per heavy atom. The minimum Gasteiger partial charge on any atom is -0.507 e. The number of carbonyl (C=O) groups is 2. The molecular weight excluding hydrogens is 460 g/mol. The van der Waals surface area contributed by atoms with Crippen molar-refractivity contribution in [3.8, 4) is 5.75 Å². The Labute approximate surface area is 207 Å². The van der Waals surface area contributed by atoms with Crippen molar-refractivity contribution in [3.63, 3.8) is 0 Å². The van der Waals surface area contributed by atoms with Crippen LogP contribution in [0.1, 0.15) is 33.9 Å². The van der Waals surface area contributed by atoms with Crippen LogP contribution in [0.2, 0.25) is 0 Å². The van der Waals surface area contributed by atoms with Crippen LogP contribution in [-0.4, -0.2) is 28.9 Å². The number of methoxy groups -OCH3 is 1. The Morgan fingerprint density at radius 2 is 1.66 bits per heavy atom. The maximum absolute atomic E-state index is 13.4. The van der Waals surface area contributed by atoms with Crippen molar-refractivity contribution in [2.24, 2.45) is 0 Å². The summed E-state index contributed by atoms with van der Waals surface area (Å²) >= 11 is 1.37. The molecule has 1 N–H and O–H groups in total. The summed E-state index contributed by atoms with van der Waals surface area (Å²) < 4.78 is 6.14. The van der Waals surface area contributed by atoms with Crippen molar-refractivity contribution in [1.29, 1.82) is 0 Å². The number of aromatic nitrogens is 1. The highest BCUT2D eigenvalue weighted by atomic mass is 32.1. The van der Waals surface area contributed by atoms with Gasteiger partial charge in [0.1, 0.15) is 11.5 Å². The third kappa shape index (κ3) is 3.88. The summed E-state index contributed by atoms with van der Waals surface area (Å²) in [5, 5.41) is 11.7. The van der Waals surface area contributed by atoms with Gasteiger partial charge in [-0.15, -0.1) is 0 Å². The Kier molecular flexibility index (Phi) is 5.65. The first kappa shape index (κ1) is 22.8. The molecule has 176 valence electrons. The molecule has 7 heteroatoms. The number of amides is 1. The highest BCUT2D eigenvalue weighted by molar-refractivity contribution is 7.22. The van der Waals surface area contributed by atoms with Gasteiger partial charge in [-0.25, -0.2) is 4.98 Å². The van der Waals surface area contributed by atoms with Gasteiger partial charge in [0.05, 0.1) is 28.9 Å². The maximum atomic E-state index is 13.4. The average Bonchev–Trinajstić information content (AvgIpc) is 3.38. The van der Waals surface area contributed by atoms with Gasteiger partial charge >= 0.3 is 5.91 Å². The molecule has 5 rings (SSSR count). The van der Waals surface area contributed by atoms with Gasteiger partial charge in [-0.1, -0.05) is 47.2 Å². The van der Waals surface area contributed by atoms with Crippen LogP contribution in [-0.2, 0) is 9.59 Å². The molecule has 2 heterocycles. The number of aliphatic hydroxyl groups is 1. The summed E-state index contributed by atoms with van der Waals surface area (Å²) in [6.45, 7) is 5.96. The first-order chi connectivity index (χ1) is 16.8. The zero-order valence-electron chi connectivity index (χ0n) is 19.8. The van der Waals surface area contributed by atoms with E-state index in [9.17, 15) is 14.7 Å². The smallest absolute Gasteiger partial charge is 0.301 e. The molecule has 1 atom stereocenters. The monoisotopic (exact) mass is 484 g/mol. The topological polar surface area (TPSA) is 79.7 Å². The number of anilines is 1. The number of benzene rings is 3. The van der Waals surface area contributed by atoms with Crippen LogP contribution in [0.3, 0.4) is 0 Å². The predicted molar refractivity (Wildman–Crippen MR) is 138 cm³/mol. The van der Waals surface area contributed by atoms with E-state index in [-0.39, 0.29) is 11.3 Å². The molecule has 3 aromatic carbocycles. The fraction of sp³-hybridized carbons (Fsp3) is 0.179. The van der Waals surface area contributed by atoms with E-state index in [2.05, 4.69) is 0 Å². The van der Waals surface area contributed by atoms with E-state index >= 15 is 0 Å². The molecule has 0 aliphatic carbocycles. The van der Waals surface area contributed by atoms with Gasteiger partial charge in [0, 0.05) is 5.56 Å². The number of nitrogens with zero attached hydrogens (tertiary/aromatic N) is 2. The van der Waals surface area contributed by atoms with Crippen LogP contribution in [0.4, 0.5) is 5.13 Å². The second-order valence-corrected chi connectivity index (χ2v) is 9.74. The lowest BCUT2D eigenvalue weighted by Crippen LogP contribution is -2.29. The number of Topliss-reactive ketones (excluding diaryl/α,β-unsaturated/α-hetero) is 1. The van der Waals surface area contributed by atoms with Crippen molar-refractivity contribution in [1.82, 2.24) is 4.98 Å². The number of carbonyl (C=O) groups excluding carboxylic acids is 2. The Hall–Kier alpha value is -3.97. The van der Waals surface area contributed by atoms with Gasteiger partial charge in [-0.3, -0.25) is 14.5 Å². The summed E-state index contributed by atoms with van der Waals surface area (Å²) in [5.41, 5.74) is 5.14. The average molecular weight is 485 g/mol. The first-order valence-corrected chi connectivity index (χ1v) is 12.0. The zero-order valence-corrected chi connectivity index (χ0v) is 20.6. The van der Waals surface area contributed by atoms with Gasteiger partial charge in [-0.2, -0.15) is 0 Å². The van der Waals surface area contributed by atoms with Crippen molar-refractivity contribution < 1.29 is 19.4 Å². The van der Waals surface area contributed by atoms with Crippen LogP contribution in [0.5, 0.6) is 5.75 Å². The lowest BCUT2D eigenvalue weighted by molar-refractivity contribution is -0.132. The molecule has 0 radical (unpaired) electrons. The molecule has 1 amide bonds. The quantitative estimate of drug-likeness (QED) is 0.223.